The predicted molar refractivity (Wildman–Crippen MR) is 109 cm³/mol. The highest BCUT2D eigenvalue weighted by molar-refractivity contribution is 5.97. The Kier molecular flexibility index (Phi) is 5.46. The van der Waals surface area contributed by atoms with Crippen molar-refractivity contribution in [2.45, 2.75) is 30.8 Å². The van der Waals surface area contributed by atoms with Gasteiger partial charge in [-0.15, -0.1) is 0 Å². The first-order valence-electron chi connectivity index (χ1n) is 10.0. The van der Waals surface area contributed by atoms with Crippen molar-refractivity contribution in [3.63, 3.8) is 0 Å². The Balaban J connectivity index is 1.68. The highest BCUT2D eigenvalue weighted by atomic mass is 19.1. The van der Waals surface area contributed by atoms with E-state index in [-0.39, 0.29) is 29.7 Å². The van der Waals surface area contributed by atoms with E-state index in [1.807, 2.05) is 17.0 Å². The molecule has 2 aromatic rings. The van der Waals surface area contributed by atoms with Crippen molar-refractivity contribution in [1.29, 1.82) is 0 Å². The van der Waals surface area contributed by atoms with Gasteiger partial charge in [-0.05, 0) is 56.3 Å². The quantitative estimate of drug-likeness (QED) is 0.790. The van der Waals surface area contributed by atoms with Crippen LogP contribution in [-0.2, 0) is 0 Å². The number of piperidine rings is 1. The minimum Gasteiger partial charge on any atom is -0.497 e. The molecule has 0 N–H and O–H groups in total. The third-order valence-corrected chi connectivity index (χ3v) is 6.32. The van der Waals surface area contributed by atoms with Crippen LogP contribution in [0.15, 0.2) is 42.5 Å². The molecular weight excluding hydrogens is 371 g/mol. The average Bonchev–Trinajstić information content (AvgIpc) is 3.14. The summed E-state index contributed by atoms with van der Waals surface area (Å²) in [5, 5.41) is 0. The number of nitrogens with zero attached hydrogens (tertiary/aromatic N) is 2. The summed E-state index contributed by atoms with van der Waals surface area (Å²) in [6.07, 6.45) is 2.02. The number of rotatable bonds is 4. The molecule has 1 amide bonds. The molecule has 2 aliphatic rings. The van der Waals surface area contributed by atoms with Crippen molar-refractivity contribution in [3.8, 4) is 11.5 Å². The molecule has 154 valence electrons. The molecule has 3 atom stereocenters. The molecule has 2 saturated heterocycles. The second-order valence-corrected chi connectivity index (χ2v) is 7.86. The maximum atomic E-state index is 13.5. The molecule has 4 rings (SSSR count). The Morgan fingerprint density at radius 1 is 1.10 bits per heavy atom. The van der Waals surface area contributed by atoms with Gasteiger partial charge in [0.15, 0.2) is 0 Å². The van der Waals surface area contributed by atoms with Gasteiger partial charge in [0.25, 0.3) is 5.91 Å². The van der Waals surface area contributed by atoms with E-state index < -0.39 is 0 Å². The molecule has 2 aliphatic heterocycles. The van der Waals surface area contributed by atoms with Crippen molar-refractivity contribution in [2.24, 2.45) is 0 Å². The number of hydrogen-bond donors (Lipinski definition) is 0. The molecule has 0 radical (unpaired) electrons. The lowest BCUT2D eigenvalue weighted by atomic mass is 9.86. The summed E-state index contributed by atoms with van der Waals surface area (Å²) in [6, 6.07) is 12.4. The van der Waals surface area contributed by atoms with Gasteiger partial charge in [0.05, 0.1) is 19.8 Å². The number of carbonyl (C=O) groups is 1. The van der Waals surface area contributed by atoms with E-state index >= 15 is 0 Å². The second-order valence-electron chi connectivity index (χ2n) is 7.86. The lowest BCUT2D eigenvalue weighted by Crippen LogP contribution is -2.50. The number of fused-ring (bicyclic) bond motifs is 1. The van der Waals surface area contributed by atoms with Crippen LogP contribution in [0.4, 0.5) is 4.39 Å². The van der Waals surface area contributed by atoms with E-state index in [1.54, 1.807) is 32.4 Å². The summed E-state index contributed by atoms with van der Waals surface area (Å²) >= 11 is 0. The molecule has 0 unspecified atom stereocenters. The van der Waals surface area contributed by atoms with Crippen LogP contribution < -0.4 is 9.47 Å². The van der Waals surface area contributed by atoms with Crippen LogP contribution in [0, 0.1) is 5.82 Å². The fraction of sp³-hybridized carbons (Fsp3) is 0.435. The molecule has 0 aromatic heterocycles. The van der Waals surface area contributed by atoms with Crippen LogP contribution in [-0.4, -0.2) is 62.1 Å². The lowest BCUT2D eigenvalue weighted by molar-refractivity contribution is 0.0626. The first-order valence-corrected chi connectivity index (χ1v) is 10.0. The van der Waals surface area contributed by atoms with Gasteiger partial charge >= 0.3 is 0 Å². The van der Waals surface area contributed by atoms with Gasteiger partial charge in [0.1, 0.15) is 17.3 Å². The molecule has 0 aliphatic carbocycles. The fourth-order valence-electron chi connectivity index (χ4n) is 4.91. The molecule has 6 heteroatoms. The van der Waals surface area contributed by atoms with E-state index in [1.165, 1.54) is 12.1 Å². The topological polar surface area (TPSA) is 42.0 Å². The SMILES string of the molecule is COc1ccc(C(=O)N2C[C@H](c3ccc(F)cc3)[C@@H]3[C@H]2CCCN3C)c(OC)c1. The molecule has 2 aromatic carbocycles. The Labute approximate surface area is 171 Å². The number of likely N-dealkylation sites (N-methyl/N-ethyl adjacent to an activating group) is 1. The molecule has 0 saturated carbocycles. The summed E-state index contributed by atoms with van der Waals surface area (Å²) in [6.45, 7) is 1.62. The van der Waals surface area contributed by atoms with Crippen LogP contribution >= 0.6 is 0 Å². The number of amides is 1. The molecule has 5 nitrogen and oxygen atoms in total. The molecule has 0 spiro atoms. The number of methoxy groups -OCH3 is 2. The minimum absolute atomic E-state index is 0.0283. The van der Waals surface area contributed by atoms with Crippen LogP contribution in [0.5, 0.6) is 11.5 Å². The Morgan fingerprint density at radius 2 is 1.86 bits per heavy atom. The smallest absolute Gasteiger partial charge is 0.257 e. The minimum atomic E-state index is -0.240. The number of halogens is 1. The Morgan fingerprint density at radius 3 is 2.55 bits per heavy atom. The number of likely N-dealkylation sites (tertiary alicyclic amines) is 2. The Bertz CT molecular complexity index is 886. The maximum absolute atomic E-state index is 13.5. The van der Waals surface area contributed by atoms with E-state index in [0.29, 0.717) is 23.6 Å². The van der Waals surface area contributed by atoms with Crippen molar-refractivity contribution < 1.29 is 18.7 Å². The summed E-state index contributed by atoms with van der Waals surface area (Å²) < 4.78 is 24.2. The van der Waals surface area contributed by atoms with Crippen molar-refractivity contribution in [2.75, 3.05) is 34.4 Å². The molecule has 2 fully saturated rings. The van der Waals surface area contributed by atoms with Crippen LogP contribution in [0.3, 0.4) is 0 Å². The fourth-order valence-corrected chi connectivity index (χ4v) is 4.91. The van der Waals surface area contributed by atoms with Gasteiger partial charge in [-0.25, -0.2) is 4.39 Å². The molecular formula is C23H27FN2O3. The van der Waals surface area contributed by atoms with E-state index in [4.69, 9.17) is 9.47 Å². The maximum Gasteiger partial charge on any atom is 0.257 e. The van der Waals surface area contributed by atoms with Gasteiger partial charge in [-0.1, -0.05) is 12.1 Å². The highest BCUT2D eigenvalue weighted by Crippen LogP contribution is 2.41. The molecule has 0 bridgehead atoms. The zero-order chi connectivity index (χ0) is 20.5. The second kappa shape index (κ2) is 8.03. The van der Waals surface area contributed by atoms with Crippen molar-refractivity contribution in [3.05, 3.63) is 59.4 Å². The summed E-state index contributed by atoms with van der Waals surface area (Å²) in [7, 11) is 5.27. The number of ether oxygens (including phenoxy) is 2. The lowest BCUT2D eigenvalue weighted by Gasteiger charge is -2.39. The molecule has 2 heterocycles. The summed E-state index contributed by atoms with van der Waals surface area (Å²) in [5.41, 5.74) is 1.62. The number of carbonyl (C=O) groups excluding carboxylic acids is 1. The zero-order valence-corrected chi connectivity index (χ0v) is 17.1. The standard InChI is InChI=1S/C23H27FN2O3/c1-25-12-4-5-20-22(25)19(15-6-8-16(24)9-7-15)14-26(20)23(27)18-11-10-17(28-2)13-21(18)29-3/h6-11,13,19-20,22H,4-5,12,14H2,1-3H3/t19-,20-,22-/m1/s1. The van der Waals surface area contributed by atoms with Crippen molar-refractivity contribution in [1.82, 2.24) is 9.80 Å². The predicted octanol–water partition coefficient (Wildman–Crippen LogP) is 3.55. The first kappa shape index (κ1) is 19.7. The first-order chi connectivity index (χ1) is 14.0. The third-order valence-electron chi connectivity index (χ3n) is 6.32. The van der Waals surface area contributed by atoms with E-state index in [9.17, 15) is 9.18 Å². The van der Waals surface area contributed by atoms with Crippen LogP contribution in [0.25, 0.3) is 0 Å². The van der Waals surface area contributed by atoms with Gasteiger partial charge in [0, 0.05) is 30.6 Å². The van der Waals surface area contributed by atoms with Crippen molar-refractivity contribution >= 4 is 5.91 Å². The van der Waals surface area contributed by atoms with Crippen LogP contribution in [0.2, 0.25) is 0 Å². The Hall–Kier alpha value is -2.60. The zero-order valence-electron chi connectivity index (χ0n) is 17.1. The summed E-state index contributed by atoms with van der Waals surface area (Å²) in [5.74, 6) is 1.05. The van der Waals surface area contributed by atoms with E-state index in [2.05, 4.69) is 11.9 Å². The number of hydrogen-bond acceptors (Lipinski definition) is 4. The molecule has 29 heavy (non-hydrogen) atoms. The van der Waals surface area contributed by atoms with Gasteiger partial charge in [0.2, 0.25) is 0 Å². The van der Waals surface area contributed by atoms with Gasteiger partial charge < -0.3 is 19.3 Å². The average molecular weight is 398 g/mol. The monoisotopic (exact) mass is 398 g/mol. The van der Waals surface area contributed by atoms with Crippen LogP contribution in [0.1, 0.15) is 34.7 Å². The van der Waals surface area contributed by atoms with E-state index in [0.717, 1.165) is 24.9 Å². The number of benzene rings is 2. The highest BCUT2D eigenvalue weighted by Gasteiger charge is 2.48. The third kappa shape index (κ3) is 3.57. The largest absolute Gasteiger partial charge is 0.497 e. The van der Waals surface area contributed by atoms with Gasteiger partial charge in [-0.3, -0.25) is 4.79 Å². The normalized spacial score (nSPS) is 24.3. The summed E-state index contributed by atoms with van der Waals surface area (Å²) in [4.78, 5) is 17.9. The van der Waals surface area contributed by atoms with Gasteiger partial charge in [-0.2, -0.15) is 0 Å².